The van der Waals surface area contributed by atoms with Crippen molar-refractivity contribution in [3.8, 4) is 0 Å². The molecule has 0 fully saturated rings. The lowest BCUT2D eigenvalue weighted by Gasteiger charge is -2.16. The van der Waals surface area contributed by atoms with Crippen molar-refractivity contribution in [3.05, 3.63) is 9.98 Å². The van der Waals surface area contributed by atoms with Crippen LogP contribution in [0.4, 0.5) is 5.13 Å². The van der Waals surface area contributed by atoms with Crippen molar-refractivity contribution >= 4 is 38.3 Å². The van der Waals surface area contributed by atoms with Crippen molar-refractivity contribution in [1.29, 1.82) is 0 Å². The molecule has 1 amide bonds. The number of aromatic nitrogens is 1. The van der Waals surface area contributed by atoms with Crippen LogP contribution in [0.15, 0.2) is 9.98 Å². The minimum atomic E-state index is 0.0341. The zero-order valence-electron chi connectivity index (χ0n) is 9.13. The molecule has 1 aromatic rings. The summed E-state index contributed by atoms with van der Waals surface area (Å²) in [7, 11) is 0. The van der Waals surface area contributed by atoms with Gasteiger partial charge in [-0.2, -0.15) is 0 Å². The van der Waals surface area contributed by atoms with Gasteiger partial charge in [0.05, 0.1) is 9.98 Å². The number of rotatable bonds is 3. The van der Waals surface area contributed by atoms with Gasteiger partial charge in [0.25, 0.3) is 0 Å². The Hall–Kier alpha value is -0.420. The fourth-order valence-electron chi connectivity index (χ4n) is 0.983. The Morgan fingerprint density at radius 2 is 2.27 bits per heavy atom. The summed E-state index contributed by atoms with van der Waals surface area (Å²) in [5, 5.41) is 3.43. The second-order valence-corrected chi connectivity index (χ2v) is 6.99. The van der Waals surface area contributed by atoms with Gasteiger partial charge in [0.15, 0.2) is 5.13 Å². The van der Waals surface area contributed by atoms with E-state index >= 15 is 0 Å². The third-order valence-electron chi connectivity index (χ3n) is 1.83. The van der Waals surface area contributed by atoms with E-state index in [1.54, 1.807) is 6.20 Å². The molecule has 1 heterocycles. The molecular formula is C10H15BrN2OS. The van der Waals surface area contributed by atoms with Crippen LogP contribution in [0.3, 0.4) is 0 Å². The monoisotopic (exact) mass is 290 g/mol. The molecule has 0 bridgehead atoms. The molecule has 0 atom stereocenters. The zero-order chi connectivity index (χ0) is 11.5. The Morgan fingerprint density at radius 1 is 1.60 bits per heavy atom. The van der Waals surface area contributed by atoms with Crippen LogP contribution in [-0.4, -0.2) is 10.9 Å². The van der Waals surface area contributed by atoms with Gasteiger partial charge in [0, 0.05) is 6.42 Å². The normalized spacial score (nSPS) is 11.5. The molecule has 0 saturated heterocycles. The predicted molar refractivity (Wildman–Crippen MR) is 67.1 cm³/mol. The lowest BCUT2D eigenvalue weighted by molar-refractivity contribution is -0.116. The summed E-state index contributed by atoms with van der Waals surface area (Å²) in [6, 6.07) is 0. The number of halogens is 1. The molecule has 3 nitrogen and oxygen atoms in total. The van der Waals surface area contributed by atoms with Crippen LogP contribution in [0.1, 0.15) is 33.6 Å². The number of hydrogen-bond donors (Lipinski definition) is 1. The minimum absolute atomic E-state index is 0.0341. The highest BCUT2D eigenvalue weighted by Gasteiger charge is 2.13. The second-order valence-electron chi connectivity index (χ2n) is 4.58. The van der Waals surface area contributed by atoms with Crippen LogP contribution in [0.2, 0.25) is 0 Å². The smallest absolute Gasteiger partial charge is 0.226 e. The van der Waals surface area contributed by atoms with E-state index in [4.69, 9.17) is 0 Å². The van der Waals surface area contributed by atoms with E-state index in [0.717, 1.165) is 10.2 Å². The molecule has 1 rings (SSSR count). The van der Waals surface area contributed by atoms with Crippen molar-refractivity contribution in [3.63, 3.8) is 0 Å². The van der Waals surface area contributed by atoms with E-state index in [1.165, 1.54) is 11.3 Å². The highest BCUT2D eigenvalue weighted by atomic mass is 79.9. The molecule has 84 valence electrons. The van der Waals surface area contributed by atoms with E-state index in [9.17, 15) is 4.79 Å². The number of anilines is 1. The summed E-state index contributed by atoms with van der Waals surface area (Å²) < 4.78 is 0.925. The van der Waals surface area contributed by atoms with Gasteiger partial charge in [-0.15, -0.1) is 0 Å². The van der Waals surface area contributed by atoms with Crippen molar-refractivity contribution in [1.82, 2.24) is 4.98 Å². The first kappa shape index (κ1) is 12.6. The quantitative estimate of drug-likeness (QED) is 0.923. The number of nitrogens with zero attached hydrogens (tertiary/aromatic N) is 1. The highest BCUT2D eigenvalue weighted by Crippen LogP contribution is 2.24. The fourth-order valence-corrected chi connectivity index (χ4v) is 2.11. The minimum Gasteiger partial charge on any atom is -0.302 e. The lowest BCUT2D eigenvalue weighted by atomic mass is 9.90. The number of carbonyl (C=O) groups is 1. The van der Waals surface area contributed by atoms with E-state index in [-0.39, 0.29) is 11.3 Å². The Morgan fingerprint density at radius 3 is 2.73 bits per heavy atom. The Balaban J connectivity index is 2.37. The first-order chi connectivity index (χ1) is 6.87. The molecule has 1 aromatic heterocycles. The molecule has 0 aliphatic rings. The predicted octanol–water partition coefficient (Wildman–Crippen LogP) is 3.67. The van der Waals surface area contributed by atoms with Gasteiger partial charge in [-0.1, -0.05) is 32.1 Å². The fraction of sp³-hybridized carbons (Fsp3) is 0.600. The van der Waals surface area contributed by atoms with Crippen LogP contribution in [0.5, 0.6) is 0 Å². The van der Waals surface area contributed by atoms with Crippen molar-refractivity contribution < 1.29 is 4.79 Å². The highest BCUT2D eigenvalue weighted by molar-refractivity contribution is 9.11. The van der Waals surface area contributed by atoms with Crippen LogP contribution >= 0.6 is 27.3 Å². The van der Waals surface area contributed by atoms with Gasteiger partial charge in [-0.3, -0.25) is 4.79 Å². The molecule has 1 N–H and O–H groups in total. The maximum absolute atomic E-state index is 11.5. The molecule has 0 aromatic carbocycles. The van der Waals surface area contributed by atoms with E-state index < -0.39 is 0 Å². The standard InChI is InChI=1S/C10H15BrN2OS/c1-10(2,3)5-4-8(14)13-9-12-6-7(11)15-9/h6H,4-5H2,1-3H3,(H,12,13,14). The maximum atomic E-state index is 11.5. The molecule has 0 aliphatic carbocycles. The first-order valence-electron chi connectivity index (χ1n) is 4.78. The van der Waals surface area contributed by atoms with Crippen molar-refractivity contribution in [2.45, 2.75) is 33.6 Å². The molecule has 0 radical (unpaired) electrons. The second kappa shape index (κ2) is 5.07. The number of amides is 1. The molecule has 5 heteroatoms. The van der Waals surface area contributed by atoms with Crippen molar-refractivity contribution in [2.75, 3.05) is 5.32 Å². The molecule has 0 saturated carbocycles. The average Bonchev–Trinajstić information content (AvgIpc) is 2.47. The van der Waals surface area contributed by atoms with Crippen LogP contribution in [0, 0.1) is 5.41 Å². The summed E-state index contributed by atoms with van der Waals surface area (Å²) in [6.07, 6.45) is 3.11. The van der Waals surface area contributed by atoms with E-state index in [1.807, 2.05) is 0 Å². The summed E-state index contributed by atoms with van der Waals surface area (Å²) in [5.74, 6) is 0.0341. The van der Waals surface area contributed by atoms with Gasteiger partial charge in [0.1, 0.15) is 0 Å². The zero-order valence-corrected chi connectivity index (χ0v) is 11.5. The largest absolute Gasteiger partial charge is 0.302 e. The molecule has 15 heavy (non-hydrogen) atoms. The van der Waals surface area contributed by atoms with Gasteiger partial charge >= 0.3 is 0 Å². The number of carbonyl (C=O) groups excluding carboxylic acids is 1. The Kier molecular flexibility index (Phi) is 4.28. The summed E-state index contributed by atoms with van der Waals surface area (Å²) in [6.45, 7) is 6.38. The van der Waals surface area contributed by atoms with E-state index in [0.29, 0.717) is 11.6 Å². The third kappa shape index (κ3) is 5.28. The molecular weight excluding hydrogens is 276 g/mol. The summed E-state index contributed by atoms with van der Waals surface area (Å²) in [5.41, 5.74) is 0.195. The summed E-state index contributed by atoms with van der Waals surface area (Å²) in [4.78, 5) is 15.5. The maximum Gasteiger partial charge on any atom is 0.226 e. The molecule has 0 aliphatic heterocycles. The number of hydrogen-bond acceptors (Lipinski definition) is 3. The molecule has 0 unspecified atom stereocenters. The third-order valence-corrected chi connectivity index (χ3v) is 3.22. The topological polar surface area (TPSA) is 42.0 Å². The lowest BCUT2D eigenvalue weighted by Crippen LogP contribution is -2.15. The van der Waals surface area contributed by atoms with Crippen LogP contribution in [-0.2, 0) is 4.79 Å². The molecule has 0 spiro atoms. The number of thiazole rings is 1. The van der Waals surface area contributed by atoms with Gasteiger partial charge < -0.3 is 5.32 Å². The SMILES string of the molecule is CC(C)(C)CCC(=O)Nc1ncc(Br)s1. The Labute approximate surface area is 102 Å². The number of nitrogens with one attached hydrogen (secondary N) is 1. The van der Waals surface area contributed by atoms with Crippen molar-refractivity contribution in [2.24, 2.45) is 5.41 Å². The van der Waals surface area contributed by atoms with Crippen LogP contribution < -0.4 is 5.32 Å². The van der Waals surface area contributed by atoms with Gasteiger partial charge in [0.2, 0.25) is 5.91 Å². The first-order valence-corrected chi connectivity index (χ1v) is 6.39. The summed E-state index contributed by atoms with van der Waals surface area (Å²) >= 11 is 4.72. The Bertz CT molecular complexity index is 343. The average molecular weight is 291 g/mol. The van der Waals surface area contributed by atoms with Crippen LogP contribution in [0.25, 0.3) is 0 Å². The van der Waals surface area contributed by atoms with E-state index in [2.05, 4.69) is 47.0 Å². The van der Waals surface area contributed by atoms with Gasteiger partial charge in [-0.05, 0) is 27.8 Å². The van der Waals surface area contributed by atoms with Gasteiger partial charge in [-0.25, -0.2) is 4.98 Å².